The first-order valence-electron chi connectivity index (χ1n) is 2.81. The van der Waals surface area contributed by atoms with Crippen LogP contribution in [0.5, 0.6) is 0 Å². The molecule has 0 atom stereocenters. The molecule has 0 aliphatic carbocycles. The quantitative estimate of drug-likeness (QED) is 0.593. The molecule has 10 heavy (non-hydrogen) atoms. The van der Waals surface area contributed by atoms with Gasteiger partial charge in [0.2, 0.25) is 6.29 Å². The Bertz CT molecular complexity index is 228. The molecule has 0 saturated carbocycles. The van der Waals surface area contributed by atoms with Crippen molar-refractivity contribution < 1.29 is 4.79 Å². The van der Waals surface area contributed by atoms with E-state index in [2.05, 4.69) is 12.2 Å². The fourth-order valence-corrected chi connectivity index (χ4v) is 0.898. The summed E-state index contributed by atoms with van der Waals surface area (Å²) in [4.78, 5) is 10.2. The monoisotopic (exact) mass is 149 g/mol. The number of carbonyl (C=O) groups excluding carboxylic acids is 1. The van der Waals surface area contributed by atoms with E-state index in [1.165, 1.54) is 5.37 Å². The van der Waals surface area contributed by atoms with Crippen LogP contribution in [-0.4, -0.2) is 11.7 Å². The third-order valence-corrected chi connectivity index (χ3v) is 1.45. The van der Waals surface area contributed by atoms with Gasteiger partial charge >= 0.3 is 0 Å². The van der Waals surface area contributed by atoms with E-state index in [4.69, 9.17) is 0 Å². The van der Waals surface area contributed by atoms with Crippen LogP contribution >= 0.6 is 12.2 Å². The van der Waals surface area contributed by atoms with Crippen molar-refractivity contribution in [2.24, 2.45) is 0 Å². The van der Waals surface area contributed by atoms with Gasteiger partial charge in [-0.05, 0) is 5.56 Å². The molecule has 0 bridgehead atoms. The third-order valence-electron chi connectivity index (χ3n) is 1.20. The van der Waals surface area contributed by atoms with Crippen LogP contribution in [0.15, 0.2) is 24.3 Å². The minimum atomic E-state index is 0.525. The second kappa shape index (κ2) is 3.22. The van der Waals surface area contributed by atoms with Crippen molar-refractivity contribution in [1.29, 1.82) is 0 Å². The maximum Gasteiger partial charge on any atom is 0.234 e. The van der Waals surface area contributed by atoms with Gasteiger partial charge in [0, 0.05) is 10.9 Å². The van der Waals surface area contributed by atoms with Crippen LogP contribution in [0.25, 0.3) is 0 Å². The number of hydrogen-bond acceptors (Lipinski definition) is 2. The summed E-state index contributed by atoms with van der Waals surface area (Å²) in [5.41, 5.74) is 1.28. The zero-order valence-electron chi connectivity index (χ0n) is 5.20. The molecule has 1 aromatic rings. The van der Waals surface area contributed by atoms with Crippen molar-refractivity contribution in [1.82, 2.24) is 0 Å². The van der Waals surface area contributed by atoms with E-state index in [1.807, 2.05) is 6.07 Å². The SMILES string of the molecule is O=[C]c1ccccc1C=S. The van der Waals surface area contributed by atoms with Crippen LogP contribution in [-0.2, 0) is 4.79 Å². The van der Waals surface area contributed by atoms with Crippen LogP contribution in [0.4, 0.5) is 0 Å². The Kier molecular flexibility index (Phi) is 2.29. The molecular formula is C8H5OS. The third kappa shape index (κ3) is 1.28. The van der Waals surface area contributed by atoms with E-state index in [-0.39, 0.29) is 0 Å². The molecule has 1 nitrogen and oxygen atoms in total. The fraction of sp³-hybridized carbons (Fsp3) is 0. The standard InChI is InChI=1S/C8H5OS/c9-5-7-3-1-2-4-8(7)6-10/h1-4,6H. The largest absolute Gasteiger partial charge is 0.285 e. The van der Waals surface area contributed by atoms with Crippen molar-refractivity contribution in [3.8, 4) is 0 Å². The molecule has 1 aromatic carbocycles. The zero-order valence-corrected chi connectivity index (χ0v) is 6.02. The predicted molar refractivity (Wildman–Crippen MR) is 44.0 cm³/mol. The van der Waals surface area contributed by atoms with E-state index < -0.39 is 0 Å². The van der Waals surface area contributed by atoms with E-state index in [0.717, 1.165) is 5.56 Å². The minimum Gasteiger partial charge on any atom is -0.285 e. The van der Waals surface area contributed by atoms with Crippen molar-refractivity contribution in [2.75, 3.05) is 0 Å². The summed E-state index contributed by atoms with van der Waals surface area (Å²) in [5, 5.41) is 1.47. The molecule has 0 saturated heterocycles. The first-order valence-corrected chi connectivity index (χ1v) is 3.28. The Morgan fingerprint density at radius 2 is 2.10 bits per heavy atom. The smallest absolute Gasteiger partial charge is 0.234 e. The number of benzene rings is 1. The van der Waals surface area contributed by atoms with E-state index >= 15 is 0 Å². The maximum atomic E-state index is 10.2. The lowest BCUT2D eigenvalue weighted by atomic mass is 10.1. The van der Waals surface area contributed by atoms with Crippen LogP contribution < -0.4 is 0 Å². The van der Waals surface area contributed by atoms with Gasteiger partial charge in [-0.3, -0.25) is 4.79 Å². The molecule has 2 heteroatoms. The van der Waals surface area contributed by atoms with Gasteiger partial charge in [-0.2, -0.15) is 0 Å². The van der Waals surface area contributed by atoms with Gasteiger partial charge in [0.15, 0.2) is 0 Å². The molecule has 0 N–H and O–H groups in total. The molecule has 49 valence electrons. The molecule has 0 aliphatic heterocycles. The second-order valence-corrected chi connectivity index (χ2v) is 2.04. The van der Waals surface area contributed by atoms with Gasteiger partial charge < -0.3 is 0 Å². The van der Waals surface area contributed by atoms with E-state index in [0.29, 0.717) is 5.56 Å². The average Bonchev–Trinajstić information content (AvgIpc) is 2.04. The molecule has 0 amide bonds. The summed E-state index contributed by atoms with van der Waals surface area (Å²) in [6.07, 6.45) is 1.80. The lowest BCUT2D eigenvalue weighted by molar-refractivity contribution is 0.562. The molecule has 0 aliphatic rings. The summed E-state index contributed by atoms with van der Waals surface area (Å²) >= 11 is 4.67. The van der Waals surface area contributed by atoms with Gasteiger partial charge in [0.05, 0.1) is 0 Å². The molecule has 0 heterocycles. The van der Waals surface area contributed by atoms with Crippen molar-refractivity contribution in [2.45, 2.75) is 0 Å². The maximum absolute atomic E-state index is 10.2. The van der Waals surface area contributed by atoms with E-state index in [1.54, 1.807) is 24.5 Å². The lowest BCUT2D eigenvalue weighted by Crippen LogP contribution is -1.87. The highest BCUT2D eigenvalue weighted by molar-refractivity contribution is 7.79. The highest BCUT2D eigenvalue weighted by Crippen LogP contribution is 2.01. The van der Waals surface area contributed by atoms with Gasteiger partial charge in [-0.25, -0.2) is 0 Å². The molecular weight excluding hydrogens is 144 g/mol. The summed E-state index contributed by atoms with van der Waals surface area (Å²) in [7, 11) is 0. The second-order valence-electron chi connectivity index (χ2n) is 1.81. The van der Waals surface area contributed by atoms with E-state index in [9.17, 15) is 4.79 Å². The van der Waals surface area contributed by atoms with Gasteiger partial charge in [-0.1, -0.05) is 36.5 Å². The highest BCUT2D eigenvalue weighted by atomic mass is 32.1. The number of hydrogen-bond donors (Lipinski definition) is 0. The molecule has 0 spiro atoms. The Hall–Kier alpha value is -1.02. The molecule has 1 rings (SSSR count). The van der Waals surface area contributed by atoms with Gasteiger partial charge in [0.25, 0.3) is 0 Å². The van der Waals surface area contributed by atoms with Gasteiger partial charge in [-0.15, -0.1) is 0 Å². The zero-order chi connectivity index (χ0) is 7.40. The first kappa shape index (κ1) is 7.09. The summed E-state index contributed by atoms with van der Waals surface area (Å²) in [6, 6.07) is 7.08. The first-order chi connectivity index (χ1) is 4.88. The summed E-state index contributed by atoms with van der Waals surface area (Å²) in [5.74, 6) is 0. The predicted octanol–water partition coefficient (Wildman–Crippen LogP) is 1.49. The summed E-state index contributed by atoms with van der Waals surface area (Å²) in [6.45, 7) is 0. The normalized spacial score (nSPS) is 8.80. The number of thiocarbonyl (C=S) groups is 1. The molecule has 1 radical (unpaired) electrons. The van der Waals surface area contributed by atoms with Crippen molar-refractivity contribution in [3.63, 3.8) is 0 Å². The fourth-order valence-electron chi connectivity index (χ4n) is 0.693. The van der Waals surface area contributed by atoms with Crippen molar-refractivity contribution >= 4 is 23.9 Å². The van der Waals surface area contributed by atoms with Crippen LogP contribution in [0.3, 0.4) is 0 Å². The molecule has 0 unspecified atom stereocenters. The van der Waals surface area contributed by atoms with Crippen LogP contribution in [0.1, 0.15) is 11.1 Å². The molecule has 0 fully saturated rings. The average molecular weight is 149 g/mol. The molecule has 0 aromatic heterocycles. The highest BCUT2D eigenvalue weighted by Gasteiger charge is 1.94. The Labute approximate surface area is 64.7 Å². The minimum absolute atomic E-state index is 0.525. The summed E-state index contributed by atoms with van der Waals surface area (Å²) < 4.78 is 0. The Balaban J connectivity index is 3.20. The lowest BCUT2D eigenvalue weighted by Gasteiger charge is -1.92. The Morgan fingerprint density at radius 1 is 1.40 bits per heavy atom. The van der Waals surface area contributed by atoms with Crippen LogP contribution in [0, 0.1) is 0 Å². The number of rotatable bonds is 2. The van der Waals surface area contributed by atoms with Crippen LogP contribution in [0.2, 0.25) is 0 Å². The van der Waals surface area contributed by atoms with Gasteiger partial charge in [0.1, 0.15) is 0 Å². The Morgan fingerprint density at radius 3 is 2.60 bits per heavy atom. The van der Waals surface area contributed by atoms with Crippen molar-refractivity contribution in [3.05, 3.63) is 35.4 Å². The topological polar surface area (TPSA) is 17.1 Å².